The van der Waals surface area contributed by atoms with E-state index in [9.17, 15) is 4.79 Å². The van der Waals surface area contributed by atoms with Gasteiger partial charge in [-0.2, -0.15) is 0 Å². The summed E-state index contributed by atoms with van der Waals surface area (Å²) >= 11 is 0. The fraction of sp³-hybridized carbons (Fsp3) is 0.571. The molecule has 2 aliphatic heterocycles. The molecule has 3 rings (SSSR count). The summed E-state index contributed by atoms with van der Waals surface area (Å²) in [5.41, 5.74) is 0.792. The van der Waals surface area contributed by atoms with E-state index in [1.54, 1.807) is 6.20 Å². The minimum absolute atomic E-state index is 0. The predicted molar refractivity (Wildman–Crippen MR) is 89.8 cm³/mol. The van der Waals surface area contributed by atoms with Crippen LogP contribution < -0.4 is 15.5 Å². The van der Waals surface area contributed by atoms with Crippen molar-refractivity contribution in [2.75, 3.05) is 36.4 Å². The Morgan fingerprint density at radius 2 is 2.05 bits per heavy atom. The summed E-state index contributed by atoms with van der Waals surface area (Å²) in [6.07, 6.45) is 5.17. The maximum absolute atomic E-state index is 12.0. The molecule has 2 saturated heterocycles. The van der Waals surface area contributed by atoms with Crippen molar-refractivity contribution in [1.29, 1.82) is 0 Å². The Morgan fingerprint density at radius 1 is 1.29 bits per heavy atom. The molecule has 118 valence electrons. The molecule has 0 aromatic carbocycles. The van der Waals surface area contributed by atoms with E-state index in [0.29, 0.717) is 0 Å². The molecule has 2 fully saturated rings. The number of anilines is 2. The zero-order valence-electron chi connectivity index (χ0n) is 11.9. The van der Waals surface area contributed by atoms with Gasteiger partial charge in [-0.05, 0) is 37.9 Å². The molecule has 1 unspecified atom stereocenters. The molecule has 0 aliphatic carbocycles. The zero-order chi connectivity index (χ0) is 13.1. The molecule has 1 aromatic heterocycles. The molecule has 2 aliphatic rings. The van der Waals surface area contributed by atoms with Crippen molar-refractivity contribution in [1.82, 2.24) is 10.3 Å². The highest BCUT2D eigenvalue weighted by atomic mass is 35.5. The lowest BCUT2D eigenvalue weighted by molar-refractivity contribution is -0.119. The lowest BCUT2D eigenvalue weighted by Crippen LogP contribution is -2.25. The van der Waals surface area contributed by atoms with Crippen LogP contribution in [0.2, 0.25) is 0 Å². The lowest BCUT2D eigenvalue weighted by Gasteiger charge is -2.16. The fourth-order valence-electron chi connectivity index (χ4n) is 2.72. The van der Waals surface area contributed by atoms with E-state index in [-0.39, 0.29) is 36.6 Å². The van der Waals surface area contributed by atoms with Gasteiger partial charge in [-0.15, -0.1) is 24.8 Å². The standard InChI is InChI=1S/C14H20N4O.2ClH/c19-14(11-5-6-15-9-11)17-12-3-4-13(16-10-12)18-7-1-2-8-18;;/h3-4,10-11,15H,1-2,5-9H2,(H,17,19);2*1H. The van der Waals surface area contributed by atoms with E-state index < -0.39 is 0 Å². The van der Waals surface area contributed by atoms with Crippen LogP contribution in [-0.2, 0) is 4.79 Å². The Balaban J connectivity index is 0.00000110. The summed E-state index contributed by atoms with van der Waals surface area (Å²) in [6.45, 7) is 3.90. The van der Waals surface area contributed by atoms with E-state index in [4.69, 9.17) is 0 Å². The second-order valence-corrected chi connectivity index (χ2v) is 5.28. The van der Waals surface area contributed by atoms with Crippen molar-refractivity contribution < 1.29 is 4.79 Å². The van der Waals surface area contributed by atoms with E-state index in [0.717, 1.165) is 44.1 Å². The molecule has 5 nitrogen and oxygen atoms in total. The van der Waals surface area contributed by atoms with E-state index in [2.05, 4.69) is 20.5 Å². The van der Waals surface area contributed by atoms with Gasteiger partial charge in [0.1, 0.15) is 5.82 Å². The summed E-state index contributed by atoms with van der Waals surface area (Å²) < 4.78 is 0. The number of hydrogen-bond donors (Lipinski definition) is 2. The number of carbonyl (C=O) groups is 1. The van der Waals surface area contributed by atoms with Crippen LogP contribution in [0.1, 0.15) is 19.3 Å². The van der Waals surface area contributed by atoms with Gasteiger partial charge in [-0.25, -0.2) is 4.98 Å². The van der Waals surface area contributed by atoms with Crippen LogP contribution >= 0.6 is 24.8 Å². The first-order valence-corrected chi connectivity index (χ1v) is 7.05. The highest BCUT2D eigenvalue weighted by Crippen LogP contribution is 2.19. The van der Waals surface area contributed by atoms with Gasteiger partial charge in [-0.1, -0.05) is 0 Å². The number of nitrogens with one attached hydrogen (secondary N) is 2. The molecule has 1 aromatic rings. The van der Waals surface area contributed by atoms with E-state index in [1.807, 2.05) is 12.1 Å². The monoisotopic (exact) mass is 332 g/mol. The molecule has 0 spiro atoms. The third kappa shape index (κ3) is 4.46. The van der Waals surface area contributed by atoms with Crippen LogP contribution in [0.25, 0.3) is 0 Å². The zero-order valence-corrected chi connectivity index (χ0v) is 13.5. The lowest BCUT2D eigenvalue weighted by atomic mass is 10.1. The third-order valence-corrected chi connectivity index (χ3v) is 3.88. The molecule has 0 bridgehead atoms. The van der Waals surface area contributed by atoms with Gasteiger partial charge in [0, 0.05) is 19.6 Å². The highest BCUT2D eigenvalue weighted by Gasteiger charge is 2.22. The SMILES string of the molecule is Cl.Cl.O=C(Nc1ccc(N2CCCC2)nc1)C1CCNC1. The van der Waals surface area contributed by atoms with Crippen molar-refractivity contribution >= 4 is 42.2 Å². The number of hydrogen-bond acceptors (Lipinski definition) is 4. The van der Waals surface area contributed by atoms with Crippen LogP contribution in [0.15, 0.2) is 18.3 Å². The number of pyridine rings is 1. The van der Waals surface area contributed by atoms with E-state index in [1.165, 1.54) is 12.8 Å². The molecule has 0 saturated carbocycles. The fourth-order valence-corrected chi connectivity index (χ4v) is 2.72. The minimum atomic E-state index is 0. The first-order valence-electron chi connectivity index (χ1n) is 7.05. The van der Waals surface area contributed by atoms with Crippen LogP contribution in [0, 0.1) is 5.92 Å². The van der Waals surface area contributed by atoms with Crippen LogP contribution in [0.3, 0.4) is 0 Å². The van der Waals surface area contributed by atoms with Crippen LogP contribution in [0.5, 0.6) is 0 Å². The van der Waals surface area contributed by atoms with Crippen LogP contribution in [-0.4, -0.2) is 37.1 Å². The third-order valence-electron chi connectivity index (χ3n) is 3.88. The molecule has 21 heavy (non-hydrogen) atoms. The average molecular weight is 333 g/mol. The Labute approximate surface area is 137 Å². The molecule has 1 amide bonds. The van der Waals surface area contributed by atoms with Crippen molar-refractivity contribution in [2.24, 2.45) is 5.92 Å². The molecular weight excluding hydrogens is 311 g/mol. The van der Waals surface area contributed by atoms with Crippen molar-refractivity contribution in [2.45, 2.75) is 19.3 Å². The first kappa shape index (κ1) is 18.0. The number of carbonyl (C=O) groups excluding carboxylic acids is 1. The van der Waals surface area contributed by atoms with Crippen LogP contribution in [0.4, 0.5) is 11.5 Å². The van der Waals surface area contributed by atoms with Gasteiger partial charge in [0.25, 0.3) is 0 Å². The Bertz CT molecular complexity index is 443. The molecule has 2 N–H and O–H groups in total. The second-order valence-electron chi connectivity index (χ2n) is 5.28. The number of rotatable bonds is 3. The molecular formula is C14H22Cl2N4O. The normalized spacial score (nSPS) is 20.6. The molecule has 0 radical (unpaired) electrons. The second kappa shape index (κ2) is 8.41. The van der Waals surface area contributed by atoms with Gasteiger partial charge in [0.2, 0.25) is 5.91 Å². The summed E-state index contributed by atoms with van der Waals surface area (Å²) in [5.74, 6) is 1.21. The Hall–Kier alpha value is -1.04. The number of aromatic nitrogens is 1. The maximum Gasteiger partial charge on any atom is 0.228 e. The van der Waals surface area contributed by atoms with Crippen molar-refractivity contribution in [3.63, 3.8) is 0 Å². The summed E-state index contributed by atoms with van der Waals surface area (Å²) in [5, 5.41) is 6.14. The quantitative estimate of drug-likeness (QED) is 0.889. The van der Waals surface area contributed by atoms with E-state index >= 15 is 0 Å². The average Bonchev–Trinajstić information content (AvgIpc) is 3.13. The van der Waals surface area contributed by atoms with Gasteiger partial charge in [0.15, 0.2) is 0 Å². The van der Waals surface area contributed by atoms with Gasteiger partial charge < -0.3 is 15.5 Å². The highest BCUT2D eigenvalue weighted by molar-refractivity contribution is 5.92. The number of halogens is 2. The number of amides is 1. The molecule has 3 heterocycles. The summed E-state index contributed by atoms with van der Waals surface area (Å²) in [7, 11) is 0. The Kier molecular flexibility index (Phi) is 7.22. The molecule has 7 heteroatoms. The van der Waals surface area contributed by atoms with Crippen molar-refractivity contribution in [3.8, 4) is 0 Å². The summed E-state index contributed by atoms with van der Waals surface area (Å²) in [6, 6.07) is 3.94. The molecule has 1 atom stereocenters. The Morgan fingerprint density at radius 3 is 2.62 bits per heavy atom. The predicted octanol–water partition coefficient (Wildman–Crippen LogP) is 2.07. The largest absolute Gasteiger partial charge is 0.357 e. The van der Waals surface area contributed by atoms with Gasteiger partial charge in [0.05, 0.1) is 17.8 Å². The number of nitrogens with zero attached hydrogens (tertiary/aromatic N) is 2. The van der Waals surface area contributed by atoms with Gasteiger partial charge >= 0.3 is 0 Å². The first-order chi connectivity index (χ1) is 9.33. The maximum atomic E-state index is 12.0. The minimum Gasteiger partial charge on any atom is -0.357 e. The van der Waals surface area contributed by atoms with Crippen molar-refractivity contribution in [3.05, 3.63) is 18.3 Å². The topological polar surface area (TPSA) is 57.3 Å². The smallest absolute Gasteiger partial charge is 0.228 e. The van der Waals surface area contributed by atoms with Gasteiger partial charge in [-0.3, -0.25) is 4.79 Å². The summed E-state index contributed by atoms with van der Waals surface area (Å²) in [4.78, 5) is 18.7.